The molecule has 96 valence electrons. The van der Waals surface area contributed by atoms with Gasteiger partial charge < -0.3 is 10.1 Å². The molecule has 5 nitrogen and oxygen atoms in total. The molecule has 1 N–H and O–H groups in total. The summed E-state index contributed by atoms with van der Waals surface area (Å²) in [7, 11) is 3.59. The van der Waals surface area contributed by atoms with E-state index >= 15 is 0 Å². The Morgan fingerprint density at radius 2 is 2.28 bits per heavy atom. The Labute approximate surface area is 107 Å². The van der Waals surface area contributed by atoms with Crippen molar-refractivity contribution in [2.24, 2.45) is 0 Å². The van der Waals surface area contributed by atoms with E-state index in [0.717, 1.165) is 23.6 Å². The van der Waals surface area contributed by atoms with Gasteiger partial charge in [0.1, 0.15) is 5.75 Å². The van der Waals surface area contributed by atoms with Gasteiger partial charge in [-0.15, -0.1) is 5.10 Å². The molecular formula is C13H18N4O. The van der Waals surface area contributed by atoms with Crippen LogP contribution in [0.5, 0.6) is 5.75 Å². The zero-order valence-electron chi connectivity index (χ0n) is 10.9. The quantitative estimate of drug-likeness (QED) is 0.867. The van der Waals surface area contributed by atoms with E-state index in [2.05, 4.69) is 22.6 Å². The number of methoxy groups -OCH3 is 1. The molecule has 2 aromatic rings. The summed E-state index contributed by atoms with van der Waals surface area (Å²) in [4.78, 5) is 0. The lowest BCUT2D eigenvalue weighted by Crippen LogP contribution is -2.23. The molecule has 5 heteroatoms. The lowest BCUT2D eigenvalue weighted by Gasteiger charge is -2.06. The number of benzene rings is 1. The Balaban J connectivity index is 2.18. The smallest absolute Gasteiger partial charge is 0.121 e. The Bertz CT molecular complexity index is 509. The van der Waals surface area contributed by atoms with E-state index in [1.165, 1.54) is 0 Å². The van der Waals surface area contributed by atoms with Gasteiger partial charge in [0.2, 0.25) is 0 Å². The molecule has 1 aromatic heterocycles. The Kier molecular flexibility index (Phi) is 3.94. The van der Waals surface area contributed by atoms with Crippen LogP contribution in [0.15, 0.2) is 30.5 Å². The molecule has 0 spiro atoms. The summed E-state index contributed by atoms with van der Waals surface area (Å²) in [6, 6.07) is 8.14. The second kappa shape index (κ2) is 5.64. The van der Waals surface area contributed by atoms with Gasteiger partial charge in [-0.3, -0.25) is 0 Å². The van der Waals surface area contributed by atoms with Gasteiger partial charge in [-0.25, -0.2) is 4.68 Å². The Morgan fingerprint density at radius 3 is 3.00 bits per heavy atom. The maximum atomic E-state index is 5.19. The van der Waals surface area contributed by atoms with Crippen LogP contribution < -0.4 is 10.1 Å². The summed E-state index contributed by atoms with van der Waals surface area (Å²) < 4.78 is 6.96. The van der Waals surface area contributed by atoms with E-state index in [1.54, 1.807) is 11.8 Å². The molecule has 18 heavy (non-hydrogen) atoms. The van der Waals surface area contributed by atoms with Crippen LogP contribution in [-0.4, -0.2) is 35.2 Å². The zero-order valence-corrected chi connectivity index (χ0v) is 10.9. The summed E-state index contributed by atoms with van der Waals surface area (Å²) in [5, 5.41) is 11.5. The Morgan fingerprint density at radius 1 is 1.44 bits per heavy atom. The number of nitrogens with one attached hydrogen (secondary N) is 1. The van der Waals surface area contributed by atoms with E-state index in [4.69, 9.17) is 4.74 Å². The minimum absolute atomic E-state index is 0.389. The van der Waals surface area contributed by atoms with Crippen molar-refractivity contribution in [1.29, 1.82) is 0 Å². The van der Waals surface area contributed by atoms with Gasteiger partial charge in [-0.1, -0.05) is 11.3 Å². The molecular weight excluding hydrogens is 228 g/mol. The average Bonchev–Trinajstić information content (AvgIpc) is 2.87. The van der Waals surface area contributed by atoms with Gasteiger partial charge in [0.15, 0.2) is 0 Å². The molecule has 1 heterocycles. The van der Waals surface area contributed by atoms with E-state index in [0.29, 0.717) is 6.04 Å². The first-order chi connectivity index (χ1) is 8.72. The second-order valence-electron chi connectivity index (χ2n) is 4.25. The van der Waals surface area contributed by atoms with Crippen LogP contribution in [0.1, 0.15) is 12.6 Å². The summed E-state index contributed by atoms with van der Waals surface area (Å²) in [6.07, 6.45) is 2.81. The number of hydrogen-bond donors (Lipinski definition) is 1. The molecule has 2 rings (SSSR count). The fraction of sp³-hybridized carbons (Fsp3) is 0.385. The molecule has 1 aromatic carbocycles. The number of nitrogens with zero attached hydrogens (tertiary/aromatic N) is 3. The second-order valence-corrected chi connectivity index (χ2v) is 4.25. The first-order valence-corrected chi connectivity index (χ1v) is 5.96. The van der Waals surface area contributed by atoms with Crippen LogP contribution in [0.4, 0.5) is 0 Å². The molecule has 0 saturated carbocycles. The van der Waals surface area contributed by atoms with Gasteiger partial charge >= 0.3 is 0 Å². The topological polar surface area (TPSA) is 52.0 Å². The molecule has 0 aliphatic heterocycles. The molecule has 1 atom stereocenters. The van der Waals surface area contributed by atoms with E-state index in [1.807, 2.05) is 37.5 Å². The summed E-state index contributed by atoms with van der Waals surface area (Å²) in [5.74, 6) is 0.813. The number of likely N-dealkylation sites (N-methyl/N-ethyl adjacent to an activating group) is 1. The van der Waals surface area contributed by atoms with Crippen molar-refractivity contribution in [2.75, 3.05) is 14.2 Å². The normalized spacial score (nSPS) is 12.4. The first kappa shape index (κ1) is 12.6. The third kappa shape index (κ3) is 2.87. The molecule has 0 saturated heterocycles. The van der Waals surface area contributed by atoms with E-state index < -0.39 is 0 Å². The predicted octanol–water partition coefficient (Wildman–Crippen LogP) is 1.43. The lowest BCUT2D eigenvalue weighted by atomic mass is 10.2. The van der Waals surface area contributed by atoms with E-state index in [9.17, 15) is 0 Å². The van der Waals surface area contributed by atoms with Crippen molar-refractivity contribution < 1.29 is 4.74 Å². The number of aromatic nitrogens is 3. The largest absolute Gasteiger partial charge is 0.497 e. The Hall–Kier alpha value is -1.88. The third-order valence-corrected chi connectivity index (χ3v) is 2.87. The minimum Gasteiger partial charge on any atom is -0.497 e. The third-order valence-electron chi connectivity index (χ3n) is 2.87. The van der Waals surface area contributed by atoms with Crippen LogP contribution in [0, 0.1) is 0 Å². The zero-order chi connectivity index (χ0) is 13.0. The van der Waals surface area contributed by atoms with Crippen molar-refractivity contribution in [1.82, 2.24) is 20.3 Å². The van der Waals surface area contributed by atoms with Gasteiger partial charge in [-0.05, 0) is 26.1 Å². The van der Waals surface area contributed by atoms with Crippen LogP contribution in [0.25, 0.3) is 5.69 Å². The fourth-order valence-electron chi connectivity index (χ4n) is 1.69. The SMILES string of the molecule is CNC(C)Cc1cn(-c2cccc(OC)c2)nn1. The van der Waals surface area contributed by atoms with Gasteiger partial charge in [0.05, 0.1) is 24.7 Å². The highest BCUT2D eigenvalue weighted by atomic mass is 16.5. The molecule has 0 amide bonds. The standard InChI is InChI=1S/C13H18N4O/c1-10(14-2)7-11-9-17(16-15-11)12-5-4-6-13(8-12)18-3/h4-6,8-10,14H,7H2,1-3H3. The van der Waals surface area contributed by atoms with Gasteiger partial charge in [0, 0.05) is 18.5 Å². The summed E-state index contributed by atoms with van der Waals surface area (Å²) in [6.45, 7) is 2.12. The number of rotatable bonds is 5. The monoisotopic (exact) mass is 246 g/mol. The highest BCUT2D eigenvalue weighted by Gasteiger charge is 2.06. The molecule has 0 aliphatic carbocycles. The first-order valence-electron chi connectivity index (χ1n) is 5.96. The molecule has 1 unspecified atom stereocenters. The molecule has 0 bridgehead atoms. The average molecular weight is 246 g/mol. The number of ether oxygens (including phenoxy) is 1. The summed E-state index contributed by atoms with van der Waals surface area (Å²) >= 11 is 0. The van der Waals surface area contributed by atoms with E-state index in [-0.39, 0.29) is 0 Å². The van der Waals surface area contributed by atoms with Crippen molar-refractivity contribution in [2.45, 2.75) is 19.4 Å². The van der Waals surface area contributed by atoms with Crippen LogP contribution in [0.2, 0.25) is 0 Å². The maximum Gasteiger partial charge on any atom is 0.121 e. The lowest BCUT2D eigenvalue weighted by molar-refractivity contribution is 0.414. The van der Waals surface area contributed by atoms with Crippen LogP contribution >= 0.6 is 0 Å². The highest BCUT2D eigenvalue weighted by Crippen LogP contribution is 2.15. The van der Waals surface area contributed by atoms with Crippen LogP contribution in [0.3, 0.4) is 0 Å². The molecule has 0 radical (unpaired) electrons. The summed E-state index contributed by atoms with van der Waals surface area (Å²) in [5.41, 5.74) is 1.92. The van der Waals surface area contributed by atoms with Crippen molar-refractivity contribution in [3.8, 4) is 11.4 Å². The maximum absolute atomic E-state index is 5.19. The van der Waals surface area contributed by atoms with Crippen LogP contribution in [-0.2, 0) is 6.42 Å². The highest BCUT2D eigenvalue weighted by molar-refractivity contribution is 5.38. The van der Waals surface area contributed by atoms with Crippen molar-refractivity contribution >= 4 is 0 Å². The minimum atomic E-state index is 0.389. The van der Waals surface area contributed by atoms with Gasteiger partial charge in [-0.2, -0.15) is 0 Å². The van der Waals surface area contributed by atoms with Crippen molar-refractivity contribution in [3.63, 3.8) is 0 Å². The molecule has 0 aliphatic rings. The van der Waals surface area contributed by atoms with Crippen molar-refractivity contribution in [3.05, 3.63) is 36.2 Å². The predicted molar refractivity (Wildman–Crippen MR) is 70.1 cm³/mol. The number of hydrogen-bond acceptors (Lipinski definition) is 4. The van der Waals surface area contributed by atoms with Gasteiger partial charge in [0.25, 0.3) is 0 Å². The fourth-order valence-corrected chi connectivity index (χ4v) is 1.69. The molecule has 0 fully saturated rings.